The SMILES string of the molecule is COC1(CNS(=O)(=O)c2ccc(C)cc2)Cc2ccccc2C1. The second-order valence-electron chi connectivity index (χ2n) is 6.15. The summed E-state index contributed by atoms with van der Waals surface area (Å²) in [6, 6.07) is 15.0. The van der Waals surface area contributed by atoms with Gasteiger partial charge in [0.05, 0.1) is 10.5 Å². The molecular formula is C18H21NO3S. The molecule has 0 fully saturated rings. The minimum atomic E-state index is -3.53. The molecule has 3 rings (SSSR count). The van der Waals surface area contributed by atoms with Gasteiger partial charge in [0.1, 0.15) is 0 Å². The highest BCUT2D eigenvalue weighted by Gasteiger charge is 2.38. The molecule has 0 saturated heterocycles. The third-order valence-corrected chi connectivity index (χ3v) is 5.91. The Hall–Kier alpha value is -1.69. The van der Waals surface area contributed by atoms with Gasteiger partial charge in [-0.3, -0.25) is 0 Å². The molecule has 0 saturated carbocycles. The van der Waals surface area contributed by atoms with E-state index >= 15 is 0 Å². The topological polar surface area (TPSA) is 55.4 Å². The van der Waals surface area contributed by atoms with Gasteiger partial charge >= 0.3 is 0 Å². The van der Waals surface area contributed by atoms with E-state index < -0.39 is 15.6 Å². The molecule has 5 heteroatoms. The van der Waals surface area contributed by atoms with Gasteiger partial charge in [0.15, 0.2) is 0 Å². The molecule has 23 heavy (non-hydrogen) atoms. The smallest absolute Gasteiger partial charge is 0.240 e. The third-order valence-electron chi connectivity index (χ3n) is 4.49. The lowest BCUT2D eigenvalue weighted by Gasteiger charge is -2.27. The van der Waals surface area contributed by atoms with Gasteiger partial charge in [-0.25, -0.2) is 13.1 Å². The highest BCUT2D eigenvalue weighted by atomic mass is 32.2. The van der Waals surface area contributed by atoms with E-state index in [9.17, 15) is 8.42 Å². The fourth-order valence-electron chi connectivity index (χ4n) is 3.03. The molecule has 1 aliphatic rings. The average molecular weight is 331 g/mol. The Bertz CT molecular complexity index is 772. The minimum Gasteiger partial charge on any atom is -0.376 e. The van der Waals surface area contributed by atoms with Crippen LogP contribution in [0.4, 0.5) is 0 Å². The Labute approximate surface area is 137 Å². The van der Waals surface area contributed by atoms with Gasteiger partial charge in [-0.2, -0.15) is 0 Å². The molecule has 0 spiro atoms. The Morgan fingerprint density at radius 1 is 1.04 bits per heavy atom. The van der Waals surface area contributed by atoms with Crippen molar-refractivity contribution in [3.05, 3.63) is 65.2 Å². The van der Waals surface area contributed by atoms with Gasteiger partial charge in [0.2, 0.25) is 10.0 Å². The number of aryl methyl sites for hydroxylation is 1. The number of ether oxygens (including phenoxy) is 1. The van der Waals surface area contributed by atoms with Gasteiger partial charge in [-0.15, -0.1) is 0 Å². The van der Waals surface area contributed by atoms with Gasteiger partial charge in [-0.1, -0.05) is 42.0 Å². The summed E-state index contributed by atoms with van der Waals surface area (Å²) >= 11 is 0. The zero-order chi connectivity index (χ0) is 16.5. The molecule has 4 nitrogen and oxygen atoms in total. The number of nitrogens with one attached hydrogen (secondary N) is 1. The number of benzene rings is 2. The van der Waals surface area contributed by atoms with Crippen LogP contribution < -0.4 is 4.72 Å². The molecule has 2 aromatic carbocycles. The molecule has 0 unspecified atom stereocenters. The van der Waals surface area contributed by atoms with E-state index in [2.05, 4.69) is 16.9 Å². The molecule has 0 heterocycles. The van der Waals surface area contributed by atoms with Crippen LogP contribution in [0.2, 0.25) is 0 Å². The fraction of sp³-hybridized carbons (Fsp3) is 0.333. The Morgan fingerprint density at radius 2 is 1.61 bits per heavy atom. The molecule has 0 bridgehead atoms. The zero-order valence-electron chi connectivity index (χ0n) is 13.4. The summed E-state index contributed by atoms with van der Waals surface area (Å²) in [5, 5.41) is 0. The third kappa shape index (κ3) is 3.32. The van der Waals surface area contributed by atoms with E-state index in [-0.39, 0.29) is 11.4 Å². The minimum absolute atomic E-state index is 0.258. The summed E-state index contributed by atoms with van der Waals surface area (Å²) in [5.74, 6) is 0. The molecule has 0 radical (unpaired) electrons. The summed E-state index contributed by atoms with van der Waals surface area (Å²) in [7, 11) is -1.89. The Morgan fingerprint density at radius 3 is 2.13 bits per heavy atom. The first-order valence-electron chi connectivity index (χ1n) is 7.62. The molecule has 1 aliphatic carbocycles. The van der Waals surface area contributed by atoms with Crippen LogP contribution in [0.5, 0.6) is 0 Å². The van der Waals surface area contributed by atoms with Crippen LogP contribution in [0.3, 0.4) is 0 Å². The first-order valence-corrected chi connectivity index (χ1v) is 9.11. The molecule has 0 amide bonds. The van der Waals surface area contributed by atoms with Crippen molar-refractivity contribution in [1.82, 2.24) is 4.72 Å². The van der Waals surface area contributed by atoms with Gasteiger partial charge in [0, 0.05) is 26.5 Å². The molecule has 122 valence electrons. The summed E-state index contributed by atoms with van der Waals surface area (Å²) in [6.45, 7) is 2.19. The van der Waals surface area contributed by atoms with Crippen LogP contribution in [-0.2, 0) is 27.6 Å². The lowest BCUT2D eigenvalue weighted by molar-refractivity contribution is 0.00378. The maximum absolute atomic E-state index is 12.5. The number of fused-ring (bicyclic) bond motifs is 1. The maximum Gasteiger partial charge on any atom is 0.240 e. The van der Waals surface area contributed by atoms with Gasteiger partial charge in [0.25, 0.3) is 0 Å². The molecule has 0 aromatic heterocycles. The van der Waals surface area contributed by atoms with E-state index in [0.717, 1.165) is 18.4 Å². The second kappa shape index (κ2) is 6.07. The summed E-state index contributed by atoms with van der Waals surface area (Å²) < 4.78 is 33.3. The fourth-order valence-corrected chi connectivity index (χ4v) is 4.14. The van der Waals surface area contributed by atoms with Crippen LogP contribution >= 0.6 is 0 Å². The first kappa shape index (κ1) is 16.2. The van der Waals surface area contributed by atoms with Crippen LogP contribution in [0.1, 0.15) is 16.7 Å². The molecule has 2 aromatic rings. The number of methoxy groups -OCH3 is 1. The van der Waals surface area contributed by atoms with Crippen molar-refractivity contribution >= 4 is 10.0 Å². The second-order valence-corrected chi connectivity index (χ2v) is 7.91. The van der Waals surface area contributed by atoms with E-state index in [1.807, 2.05) is 19.1 Å². The van der Waals surface area contributed by atoms with Gasteiger partial charge < -0.3 is 4.74 Å². The Balaban J connectivity index is 1.75. The quantitative estimate of drug-likeness (QED) is 0.916. The number of hydrogen-bond donors (Lipinski definition) is 1. The van der Waals surface area contributed by atoms with Crippen molar-refractivity contribution in [2.75, 3.05) is 13.7 Å². The van der Waals surface area contributed by atoms with E-state index in [0.29, 0.717) is 0 Å². The maximum atomic E-state index is 12.5. The molecular weight excluding hydrogens is 310 g/mol. The molecule has 1 N–H and O–H groups in total. The number of hydrogen-bond acceptors (Lipinski definition) is 3. The van der Waals surface area contributed by atoms with Crippen molar-refractivity contribution in [2.45, 2.75) is 30.3 Å². The summed E-state index contributed by atoms with van der Waals surface area (Å²) in [4.78, 5) is 0.282. The van der Waals surface area contributed by atoms with Crippen molar-refractivity contribution in [3.8, 4) is 0 Å². The predicted octanol–water partition coefficient (Wildman–Crippen LogP) is 2.46. The highest BCUT2D eigenvalue weighted by Crippen LogP contribution is 2.32. The molecule has 0 atom stereocenters. The van der Waals surface area contributed by atoms with Crippen LogP contribution in [-0.4, -0.2) is 27.7 Å². The lowest BCUT2D eigenvalue weighted by atomic mass is 10.0. The van der Waals surface area contributed by atoms with Gasteiger partial charge in [-0.05, 0) is 30.2 Å². The highest BCUT2D eigenvalue weighted by molar-refractivity contribution is 7.89. The first-order chi connectivity index (χ1) is 10.9. The van der Waals surface area contributed by atoms with Crippen molar-refractivity contribution in [1.29, 1.82) is 0 Å². The molecule has 0 aliphatic heterocycles. The van der Waals surface area contributed by atoms with E-state index in [1.165, 1.54) is 11.1 Å². The van der Waals surface area contributed by atoms with Crippen molar-refractivity contribution in [3.63, 3.8) is 0 Å². The Kier molecular flexibility index (Phi) is 4.27. The van der Waals surface area contributed by atoms with Crippen LogP contribution in [0.25, 0.3) is 0 Å². The summed E-state index contributed by atoms with van der Waals surface area (Å²) in [5.41, 5.74) is 2.97. The normalized spacial score (nSPS) is 16.3. The number of sulfonamides is 1. The van der Waals surface area contributed by atoms with Crippen molar-refractivity contribution in [2.24, 2.45) is 0 Å². The average Bonchev–Trinajstić information content (AvgIpc) is 2.93. The summed E-state index contributed by atoms with van der Waals surface area (Å²) in [6.07, 6.45) is 1.44. The van der Waals surface area contributed by atoms with Crippen LogP contribution in [0, 0.1) is 6.92 Å². The zero-order valence-corrected chi connectivity index (χ0v) is 14.2. The van der Waals surface area contributed by atoms with E-state index in [1.54, 1.807) is 31.4 Å². The lowest BCUT2D eigenvalue weighted by Crippen LogP contribution is -2.45. The number of rotatable bonds is 5. The largest absolute Gasteiger partial charge is 0.376 e. The van der Waals surface area contributed by atoms with Crippen LogP contribution in [0.15, 0.2) is 53.4 Å². The van der Waals surface area contributed by atoms with E-state index in [4.69, 9.17) is 4.74 Å². The predicted molar refractivity (Wildman–Crippen MR) is 90.0 cm³/mol. The monoisotopic (exact) mass is 331 g/mol. The van der Waals surface area contributed by atoms with Crippen molar-refractivity contribution < 1.29 is 13.2 Å². The standard InChI is InChI=1S/C18H21NO3S/c1-14-7-9-17(10-8-14)23(20,21)19-13-18(22-2)11-15-5-3-4-6-16(15)12-18/h3-10,19H,11-13H2,1-2H3.